The monoisotopic (exact) mass is 435 g/mol. The van der Waals surface area contributed by atoms with Crippen LogP contribution in [0.3, 0.4) is 0 Å². The molecule has 2 heterocycles. The molecule has 7 heteroatoms. The molecule has 0 atom stereocenters. The first-order chi connectivity index (χ1) is 15.6. The number of anilines is 1. The van der Waals surface area contributed by atoms with Crippen LogP contribution in [-0.4, -0.2) is 55.3 Å². The lowest BCUT2D eigenvalue weighted by Gasteiger charge is -2.26. The van der Waals surface area contributed by atoms with Crippen LogP contribution in [0.25, 0.3) is 10.8 Å². The molecule has 2 aromatic carbocycles. The number of amides is 1. The summed E-state index contributed by atoms with van der Waals surface area (Å²) >= 11 is 0. The van der Waals surface area contributed by atoms with E-state index < -0.39 is 0 Å². The van der Waals surface area contributed by atoms with Gasteiger partial charge in [0.2, 0.25) is 5.91 Å². The van der Waals surface area contributed by atoms with Gasteiger partial charge in [-0.05, 0) is 42.3 Å². The quantitative estimate of drug-likeness (QED) is 0.589. The second-order valence-electron chi connectivity index (χ2n) is 7.93. The molecule has 0 saturated carbocycles. The molecule has 1 aliphatic rings. The molecule has 1 aliphatic heterocycles. The summed E-state index contributed by atoms with van der Waals surface area (Å²) in [6, 6.07) is 15.1. The number of nitrogens with zero attached hydrogens (tertiary/aromatic N) is 2. The zero-order valence-electron chi connectivity index (χ0n) is 18.4. The Labute approximate surface area is 187 Å². The number of aromatic nitrogens is 1. The van der Waals surface area contributed by atoms with Gasteiger partial charge in [-0.1, -0.05) is 18.2 Å². The van der Waals surface area contributed by atoms with E-state index in [9.17, 15) is 9.59 Å². The third-order valence-electron chi connectivity index (χ3n) is 5.83. The molecule has 0 unspecified atom stereocenters. The van der Waals surface area contributed by atoms with Crippen LogP contribution in [0.1, 0.15) is 12.0 Å². The number of hydrogen-bond acceptors (Lipinski definition) is 5. The molecular formula is C25H29N3O4. The highest BCUT2D eigenvalue weighted by Gasteiger charge is 2.12. The predicted octanol–water partition coefficient (Wildman–Crippen LogP) is 2.91. The Morgan fingerprint density at radius 3 is 2.69 bits per heavy atom. The van der Waals surface area contributed by atoms with Crippen molar-refractivity contribution < 1.29 is 14.3 Å². The molecule has 1 saturated heterocycles. The number of carbonyl (C=O) groups is 1. The van der Waals surface area contributed by atoms with Gasteiger partial charge < -0.3 is 19.4 Å². The van der Waals surface area contributed by atoms with Crippen molar-refractivity contribution in [2.75, 3.05) is 45.3 Å². The van der Waals surface area contributed by atoms with Crippen molar-refractivity contribution in [2.24, 2.45) is 0 Å². The molecule has 32 heavy (non-hydrogen) atoms. The minimum absolute atomic E-state index is 0.0387. The van der Waals surface area contributed by atoms with E-state index in [-0.39, 0.29) is 11.5 Å². The fourth-order valence-electron chi connectivity index (χ4n) is 3.98. The lowest BCUT2D eigenvalue weighted by molar-refractivity contribution is -0.116. The molecule has 1 amide bonds. The Hall–Kier alpha value is -3.16. The maximum absolute atomic E-state index is 13.0. The maximum Gasteiger partial charge on any atom is 0.258 e. The van der Waals surface area contributed by atoms with Gasteiger partial charge in [0.15, 0.2) is 0 Å². The minimum Gasteiger partial charge on any atom is -0.497 e. The number of nitrogens with one attached hydrogen (secondary N) is 1. The summed E-state index contributed by atoms with van der Waals surface area (Å²) < 4.78 is 12.4. The summed E-state index contributed by atoms with van der Waals surface area (Å²) in [6.45, 7) is 4.73. The fourth-order valence-corrected chi connectivity index (χ4v) is 3.98. The summed E-state index contributed by atoms with van der Waals surface area (Å²) in [6.07, 6.45) is 2.78. The molecule has 3 aromatic rings. The van der Waals surface area contributed by atoms with E-state index in [4.69, 9.17) is 9.47 Å². The summed E-state index contributed by atoms with van der Waals surface area (Å²) in [7, 11) is 1.63. The van der Waals surface area contributed by atoms with Gasteiger partial charge >= 0.3 is 0 Å². The average Bonchev–Trinajstić information content (AvgIpc) is 2.83. The minimum atomic E-state index is -0.0863. The lowest BCUT2D eigenvalue weighted by Crippen LogP contribution is -2.39. The molecular weight excluding hydrogens is 406 g/mol. The smallest absolute Gasteiger partial charge is 0.258 e. The van der Waals surface area contributed by atoms with Crippen molar-refractivity contribution >= 4 is 22.4 Å². The number of carbonyl (C=O) groups excluding carboxylic acids is 1. The van der Waals surface area contributed by atoms with E-state index >= 15 is 0 Å². The summed E-state index contributed by atoms with van der Waals surface area (Å²) in [5.41, 5.74) is 1.67. The maximum atomic E-state index is 13.0. The average molecular weight is 436 g/mol. The van der Waals surface area contributed by atoms with Crippen molar-refractivity contribution in [3.05, 3.63) is 70.6 Å². The van der Waals surface area contributed by atoms with Gasteiger partial charge in [-0.25, -0.2) is 0 Å². The highest BCUT2D eigenvalue weighted by Crippen LogP contribution is 2.21. The predicted molar refractivity (Wildman–Crippen MR) is 125 cm³/mol. The second-order valence-corrected chi connectivity index (χ2v) is 7.93. The number of fused-ring (bicyclic) bond motifs is 1. The topological polar surface area (TPSA) is 72.8 Å². The highest BCUT2D eigenvalue weighted by atomic mass is 16.5. The SMILES string of the molecule is COc1cccc(CCC(=O)Nc2cccc3c(=O)n(CCN4CCOCC4)ccc23)c1. The summed E-state index contributed by atoms with van der Waals surface area (Å²) in [5, 5.41) is 4.34. The third kappa shape index (κ3) is 5.36. The van der Waals surface area contributed by atoms with Crippen molar-refractivity contribution in [1.29, 1.82) is 0 Å². The number of rotatable bonds is 8. The number of ether oxygens (including phenoxy) is 2. The van der Waals surface area contributed by atoms with Crippen LogP contribution in [0.4, 0.5) is 5.69 Å². The lowest BCUT2D eigenvalue weighted by atomic mass is 10.1. The van der Waals surface area contributed by atoms with Crippen LogP contribution < -0.4 is 15.6 Å². The van der Waals surface area contributed by atoms with E-state index in [0.29, 0.717) is 30.5 Å². The van der Waals surface area contributed by atoms with Gasteiger partial charge in [0, 0.05) is 55.3 Å². The van der Waals surface area contributed by atoms with Crippen molar-refractivity contribution in [3.8, 4) is 5.75 Å². The van der Waals surface area contributed by atoms with Crippen LogP contribution >= 0.6 is 0 Å². The van der Waals surface area contributed by atoms with Gasteiger partial charge in [-0.3, -0.25) is 14.5 Å². The molecule has 0 radical (unpaired) electrons. The standard InChI is InChI=1S/C25H29N3O4/c1-31-20-5-2-4-19(18-20)8-9-24(29)26-23-7-3-6-22-21(23)10-11-28(25(22)30)13-12-27-14-16-32-17-15-27/h2-7,10-11,18H,8-9,12-17H2,1H3,(H,26,29). The largest absolute Gasteiger partial charge is 0.497 e. The fraction of sp³-hybridized carbons (Fsp3) is 0.360. The highest BCUT2D eigenvalue weighted by molar-refractivity contribution is 6.01. The molecule has 0 aliphatic carbocycles. The van der Waals surface area contributed by atoms with Gasteiger partial charge in [0.1, 0.15) is 5.75 Å². The Morgan fingerprint density at radius 2 is 1.88 bits per heavy atom. The normalized spacial score (nSPS) is 14.4. The second kappa shape index (κ2) is 10.4. The van der Waals surface area contributed by atoms with E-state index in [1.807, 2.05) is 54.7 Å². The van der Waals surface area contributed by atoms with Gasteiger partial charge in [0.05, 0.1) is 20.3 Å². The summed E-state index contributed by atoms with van der Waals surface area (Å²) in [5.74, 6) is 0.693. The molecule has 1 fully saturated rings. The molecule has 7 nitrogen and oxygen atoms in total. The number of hydrogen-bond donors (Lipinski definition) is 1. The van der Waals surface area contributed by atoms with Crippen molar-refractivity contribution in [2.45, 2.75) is 19.4 Å². The molecule has 0 spiro atoms. The number of aryl methyl sites for hydroxylation is 1. The Bertz CT molecular complexity index is 1140. The molecule has 4 rings (SSSR count). The van der Waals surface area contributed by atoms with E-state index in [2.05, 4.69) is 10.2 Å². The zero-order chi connectivity index (χ0) is 22.3. The summed E-state index contributed by atoms with van der Waals surface area (Å²) in [4.78, 5) is 27.9. The van der Waals surface area contributed by atoms with Crippen LogP contribution in [0.2, 0.25) is 0 Å². The first kappa shape index (κ1) is 22.0. The van der Waals surface area contributed by atoms with Crippen molar-refractivity contribution in [3.63, 3.8) is 0 Å². The van der Waals surface area contributed by atoms with E-state index in [1.54, 1.807) is 11.7 Å². The Balaban J connectivity index is 1.42. The Kier molecular flexibility index (Phi) is 7.19. The number of benzene rings is 2. The van der Waals surface area contributed by atoms with Crippen molar-refractivity contribution in [1.82, 2.24) is 9.47 Å². The van der Waals surface area contributed by atoms with Gasteiger partial charge in [-0.2, -0.15) is 0 Å². The van der Waals surface area contributed by atoms with Crippen LogP contribution in [-0.2, 0) is 22.5 Å². The zero-order valence-corrected chi connectivity index (χ0v) is 18.4. The number of morpholine rings is 1. The number of pyridine rings is 1. The molecule has 1 N–H and O–H groups in total. The van der Waals surface area contributed by atoms with E-state index in [0.717, 1.165) is 49.5 Å². The number of methoxy groups -OCH3 is 1. The first-order valence-electron chi connectivity index (χ1n) is 11.0. The third-order valence-corrected chi connectivity index (χ3v) is 5.83. The molecule has 0 bridgehead atoms. The molecule has 1 aromatic heterocycles. The van der Waals surface area contributed by atoms with Crippen LogP contribution in [0.5, 0.6) is 5.75 Å². The van der Waals surface area contributed by atoms with Gasteiger partial charge in [0.25, 0.3) is 5.56 Å². The first-order valence-corrected chi connectivity index (χ1v) is 11.0. The van der Waals surface area contributed by atoms with E-state index in [1.165, 1.54) is 0 Å². The Morgan fingerprint density at radius 1 is 1.06 bits per heavy atom. The van der Waals surface area contributed by atoms with Crippen LogP contribution in [0, 0.1) is 0 Å². The van der Waals surface area contributed by atoms with Gasteiger partial charge in [-0.15, -0.1) is 0 Å². The molecule has 168 valence electrons. The van der Waals surface area contributed by atoms with Crippen LogP contribution in [0.15, 0.2) is 59.5 Å².